The Hall–Kier alpha value is -2.58. The van der Waals surface area contributed by atoms with Crippen molar-refractivity contribution >= 4 is 34.5 Å². The third-order valence-corrected chi connectivity index (χ3v) is 6.26. The summed E-state index contributed by atoms with van der Waals surface area (Å²) in [5, 5.41) is 4.60. The van der Waals surface area contributed by atoms with E-state index in [1.165, 1.54) is 29.5 Å². The maximum absolute atomic E-state index is 13.3. The molecule has 0 atom stereocenters. The van der Waals surface area contributed by atoms with E-state index >= 15 is 0 Å². The summed E-state index contributed by atoms with van der Waals surface area (Å²) in [7, 11) is 0. The first-order chi connectivity index (χ1) is 13.1. The molecule has 138 valence electrons. The van der Waals surface area contributed by atoms with Crippen molar-refractivity contribution in [2.24, 2.45) is 0 Å². The predicted molar refractivity (Wildman–Crippen MR) is 104 cm³/mol. The number of carbonyl (C=O) groups is 2. The maximum atomic E-state index is 13.3. The molecule has 1 aromatic carbocycles. The third kappa shape index (κ3) is 3.77. The van der Waals surface area contributed by atoms with Crippen LogP contribution in [0.25, 0.3) is 9.88 Å². The molecule has 2 amide bonds. The molecule has 8 heteroatoms. The number of thiophene rings is 1. The SMILES string of the molecule is O=C(c1cccc(F)c1)N1CCN(C(=O)c2csc(-c3cccs3)n2)CC1. The van der Waals surface area contributed by atoms with Crippen LogP contribution in [0.1, 0.15) is 20.8 Å². The van der Waals surface area contributed by atoms with Gasteiger partial charge in [-0.25, -0.2) is 9.37 Å². The number of hydrogen-bond donors (Lipinski definition) is 0. The zero-order valence-corrected chi connectivity index (χ0v) is 15.9. The van der Waals surface area contributed by atoms with Crippen molar-refractivity contribution in [2.45, 2.75) is 0 Å². The molecule has 0 aliphatic carbocycles. The van der Waals surface area contributed by atoms with Crippen LogP contribution in [0.3, 0.4) is 0 Å². The van der Waals surface area contributed by atoms with Gasteiger partial charge in [-0.3, -0.25) is 9.59 Å². The summed E-state index contributed by atoms with van der Waals surface area (Å²) in [6, 6.07) is 9.61. The number of amides is 2. The molecular weight excluding hydrogens is 385 g/mol. The fraction of sp³-hybridized carbons (Fsp3) is 0.211. The topological polar surface area (TPSA) is 53.5 Å². The minimum atomic E-state index is -0.431. The van der Waals surface area contributed by atoms with Crippen LogP contribution in [0.15, 0.2) is 47.2 Å². The van der Waals surface area contributed by atoms with Crippen LogP contribution in [0.2, 0.25) is 0 Å². The van der Waals surface area contributed by atoms with Crippen molar-refractivity contribution in [1.29, 1.82) is 0 Å². The van der Waals surface area contributed by atoms with E-state index < -0.39 is 5.82 Å². The molecular formula is C19H16FN3O2S2. The smallest absolute Gasteiger partial charge is 0.273 e. The molecule has 5 nitrogen and oxygen atoms in total. The Balaban J connectivity index is 1.39. The van der Waals surface area contributed by atoms with Crippen LogP contribution >= 0.6 is 22.7 Å². The average molecular weight is 401 g/mol. The summed E-state index contributed by atoms with van der Waals surface area (Å²) in [5.74, 6) is -0.762. The summed E-state index contributed by atoms with van der Waals surface area (Å²) >= 11 is 3.05. The van der Waals surface area contributed by atoms with Gasteiger partial charge < -0.3 is 9.80 Å². The lowest BCUT2D eigenvalue weighted by Crippen LogP contribution is -2.50. The predicted octanol–water partition coefficient (Wildman–Crippen LogP) is 3.61. The fourth-order valence-corrected chi connectivity index (χ4v) is 4.57. The summed E-state index contributed by atoms with van der Waals surface area (Å²) in [5.41, 5.74) is 0.767. The van der Waals surface area contributed by atoms with Gasteiger partial charge in [0.05, 0.1) is 4.88 Å². The van der Waals surface area contributed by atoms with Crippen molar-refractivity contribution in [3.8, 4) is 9.88 Å². The highest BCUT2D eigenvalue weighted by atomic mass is 32.1. The molecule has 27 heavy (non-hydrogen) atoms. The normalized spacial score (nSPS) is 14.4. The van der Waals surface area contributed by atoms with Gasteiger partial charge in [0.2, 0.25) is 0 Å². The van der Waals surface area contributed by atoms with Gasteiger partial charge in [0.1, 0.15) is 16.5 Å². The monoisotopic (exact) mass is 401 g/mol. The highest BCUT2D eigenvalue weighted by Crippen LogP contribution is 2.28. The van der Waals surface area contributed by atoms with Crippen LogP contribution in [-0.2, 0) is 0 Å². The summed E-state index contributed by atoms with van der Waals surface area (Å²) in [4.78, 5) is 34.0. The fourth-order valence-electron chi connectivity index (χ4n) is 2.96. The second-order valence-corrected chi connectivity index (χ2v) is 7.92. The van der Waals surface area contributed by atoms with Gasteiger partial charge in [-0.2, -0.15) is 0 Å². The van der Waals surface area contributed by atoms with Crippen molar-refractivity contribution in [2.75, 3.05) is 26.2 Å². The number of benzene rings is 1. The summed E-state index contributed by atoms with van der Waals surface area (Å²) < 4.78 is 13.3. The molecule has 4 rings (SSSR count). The average Bonchev–Trinajstić information content (AvgIpc) is 3.38. The van der Waals surface area contributed by atoms with E-state index in [9.17, 15) is 14.0 Å². The zero-order valence-electron chi connectivity index (χ0n) is 14.3. The molecule has 3 aromatic rings. The number of carbonyl (C=O) groups excluding carboxylic acids is 2. The summed E-state index contributed by atoms with van der Waals surface area (Å²) in [6.07, 6.45) is 0. The van der Waals surface area contributed by atoms with Gasteiger partial charge in [0.15, 0.2) is 0 Å². The minimum absolute atomic E-state index is 0.119. The van der Waals surface area contributed by atoms with Crippen molar-refractivity contribution in [1.82, 2.24) is 14.8 Å². The second-order valence-electron chi connectivity index (χ2n) is 6.11. The van der Waals surface area contributed by atoms with Gasteiger partial charge in [0.25, 0.3) is 11.8 Å². The molecule has 3 heterocycles. The number of nitrogens with zero attached hydrogens (tertiary/aromatic N) is 3. The van der Waals surface area contributed by atoms with Gasteiger partial charge in [0, 0.05) is 37.1 Å². The number of halogens is 1. The number of aromatic nitrogens is 1. The molecule has 1 fully saturated rings. The van der Waals surface area contributed by atoms with E-state index in [1.807, 2.05) is 17.5 Å². The number of thiazole rings is 1. The Morgan fingerprint density at radius 3 is 2.37 bits per heavy atom. The summed E-state index contributed by atoms with van der Waals surface area (Å²) in [6.45, 7) is 1.71. The third-order valence-electron chi connectivity index (χ3n) is 4.38. The Morgan fingerprint density at radius 2 is 1.70 bits per heavy atom. The van der Waals surface area contributed by atoms with Gasteiger partial charge in [-0.05, 0) is 29.6 Å². The molecule has 0 N–H and O–H groups in total. The molecule has 1 aliphatic rings. The van der Waals surface area contributed by atoms with Crippen LogP contribution in [-0.4, -0.2) is 52.8 Å². The van der Waals surface area contributed by atoms with Gasteiger partial charge >= 0.3 is 0 Å². The Kier molecular flexibility index (Phi) is 5.00. The number of piperazine rings is 1. The zero-order chi connectivity index (χ0) is 18.8. The first-order valence-electron chi connectivity index (χ1n) is 8.45. The van der Waals surface area contributed by atoms with Gasteiger partial charge in [-0.15, -0.1) is 22.7 Å². The first kappa shape index (κ1) is 17.8. The number of rotatable bonds is 3. The Labute approximate surface area is 163 Å². The van der Waals surface area contributed by atoms with E-state index in [1.54, 1.807) is 32.6 Å². The van der Waals surface area contributed by atoms with Crippen molar-refractivity contribution in [3.63, 3.8) is 0 Å². The van der Waals surface area contributed by atoms with Crippen LogP contribution < -0.4 is 0 Å². The minimum Gasteiger partial charge on any atom is -0.335 e. The Bertz CT molecular complexity index is 963. The van der Waals surface area contributed by atoms with Crippen molar-refractivity contribution < 1.29 is 14.0 Å². The van der Waals surface area contributed by atoms with E-state index in [0.717, 1.165) is 9.88 Å². The van der Waals surface area contributed by atoms with E-state index in [2.05, 4.69) is 4.98 Å². The maximum Gasteiger partial charge on any atom is 0.273 e. The standard InChI is InChI=1S/C19H16FN3O2S2/c20-14-4-1-3-13(11-14)18(24)22-6-8-23(9-7-22)19(25)15-12-27-17(21-15)16-5-2-10-26-16/h1-5,10-12H,6-9H2. The lowest BCUT2D eigenvalue weighted by Gasteiger charge is -2.34. The quantitative estimate of drug-likeness (QED) is 0.674. The number of hydrogen-bond acceptors (Lipinski definition) is 5. The molecule has 0 saturated carbocycles. The largest absolute Gasteiger partial charge is 0.335 e. The Morgan fingerprint density at radius 1 is 0.963 bits per heavy atom. The molecule has 0 spiro atoms. The molecule has 1 saturated heterocycles. The second kappa shape index (κ2) is 7.58. The molecule has 2 aromatic heterocycles. The lowest BCUT2D eigenvalue weighted by atomic mass is 10.1. The van der Waals surface area contributed by atoms with Crippen LogP contribution in [0.5, 0.6) is 0 Å². The van der Waals surface area contributed by atoms with Crippen LogP contribution in [0, 0.1) is 5.82 Å². The van der Waals surface area contributed by atoms with E-state index in [-0.39, 0.29) is 11.8 Å². The molecule has 0 unspecified atom stereocenters. The van der Waals surface area contributed by atoms with E-state index in [4.69, 9.17) is 0 Å². The first-order valence-corrected chi connectivity index (χ1v) is 10.2. The highest BCUT2D eigenvalue weighted by molar-refractivity contribution is 7.20. The molecule has 0 radical (unpaired) electrons. The molecule has 0 bridgehead atoms. The molecule has 1 aliphatic heterocycles. The van der Waals surface area contributed by atoms with Gasteiger partial charge in [-0.1, -0.05) is 12.1 Å². The highest BCUT2D eigenvalue weighted by Gasteiger charge is 2.27. The van der Waals surface area contributed by atoms with E-state index in [0.29, 0.717) is 37.4 Å². The van der Waals surface area contributed by atoms with Crippen molar-refractivity contribution in [3.05, 3.63) is 64.2 Å². The van der Waals surface area contributed by atoms with Crippen LogP contribution in [0.4, 0.5) is 4.39 Å². The lowest BCUT2D eigenvalue weighted by molar-refractivity contribution is 0.0532.